The summed E-state index contributed by atoms with van der Waals surface area (Å²) in [5.41, 5.74) is 4.10. The van der Waals surface area contributed by atoms with Crippen LogP contribution in [0, 0.1) is 6.92 Å². The molecule has 1 amide bonds. The molecule has 158 valence electrons. The highest BCUT2D eigenvalue weighted by Crippen LogP contribution is 2.35. The molecule has 0 atom stereocenters. The zero-order valence-corrected chi connectivity index (χ0v) is 17.7. The number of carbonyl (C=O) groups is 1. The third-order valence-electron chi connectivity index (χ3n) is 5.19. The number of benzene rings is 2. The number of hydrogen-bond acceptors (Lipinski definition) is 4. The van der Waals surface area contributed by atoms with Gasteiger partial charge in [-0.15, -0.1) is 0 Å². The Bertz CT molecular complexity index is 1180. The molecule has 0 unspecified atom stereocenters. The zero-order chi connectivity index (χ0) is 21.8. The van der Waals surface area contributed by atoms with E-state index in [0.717, 1.165) is 22.6 Å². The molecule has 6 nitrogen and oxygen atoms in total. The number of rotatable bonds is 7. The summed E-state index contributed by atoms with van der Waals surface area (Å²) in [6, 6.07) is 21.1. The molecule has 1 N–H and O–H groups in total. The molecule has 2 heterocycles. The summed E-state index contributed by atoms with van der Waals surface area (Å²) < 4.78 is 18.3. The van der Waals surface area contributed by atoms with Crippen molar-refractivity contribution in [2.75, 3.05) is 14.2 Å². The molecular formula is C25H24N2O4. The molecule has 2 aromatic carbocycles. The van der Waals surface area contributed by atoms with Gasteiger partial charge in [-0.2, -0.15) is 0 Å². The Morgan fingerprint density at radius 2 is 1.81 bits per heavy atom. The van der Waals surface area contributed by atoms with Crippen molar-refractivity contribution in [2.24, 2.45) is 0 Å². The SMILES string of the molecule is COc1ccc(-n2c(-c3ccccc3)cc(C(=O)NCc3ccco3)c2C)c(OC)c1. The average molecular weight is 416 g/mol. The van der Waals surface area contributed by atoms with Crippen molar-refractivity contribution in [3.05, 3.63) is 90.0 Å². The van der Waals surface area contributed by atoms with Gasteiger partial charge in [-0.3, -0.25) is 4.79 Å². The Balaban J connectivity index is 1.81. The van der Waals surface area contributed by atoms with E-state index in [1.807, 2.05) is 72.2 Å². The largest absolute Gasteiger partial charge is 0.497 e. The van der Waals surface area contributed by atoms with Crippen LogP contribution >= 0.6 is 0 Å². The van der Waals surface area contributed by atoms with Gasteiger partial charge < -0.3 is 23.8 Å². The summed E-state index contributed by atoms with van der Waals surface area (Å²) in [5, 5.41) is 2.94. The fourth-order valence-corrected chi connectivity index (χ4v) is 3.61. The first-order valence-corrected chi connectivity index (χ1v) is 9.93. The van der Waals surface area contributed by atoms with Crippen molar-refractivity contribution >= 4 is 5.91 Å². The highest BCUT2D eigenvalue weighted by Gasteiger charge is 2.21. The molecule has 31 heavy (non-hydrogen) atoms. The normalized spacial score (nSPS) is 10.7. The molecule has 4 rings (SSSR count). The molecule has 4 aromatic rings. The van der Waals surface area contributed by atoms with Crippen LogP contribution in [0.25, 0.3) is 16.9 Å². The van der Waals surface area contributed by atoms with E-state index in [-0.39, 0.29) is 5.91 Å². The summed E-state index contributed by atoms with van der Waals surface area (Å²) in [4.78, 5) is 13.0. The lowest BCUT2D eigenvalue weighted by Gasteiger charge is -2.16. The van der Waals surface area contributed by atoms with Gasteiger partial charge in [0.25, 0.3) is 5.91 Å². The lowest BCUT2D eigenvalue weighted by molar-refractivity contribution is 0.0947. The maximum atomic E-state index is 13.0. The highest BCUT2D eigenvalue weighted by molar-refractivity contribution is 5.97. The molecule has 0 aliphatic heterocycles. The average Bonchev–Trinajstić information content (AvgIpc) is 3.45. The van der Waals surface area contributed by atoms with Gasteiger partial charge in [-0.05, 0) is 42.8 Å². The molecule has 0 saturated carbocycles. The molecule has 0 saturated heterocycles. The molecule has 0 radical (unpaired) electrons. The number of furan rings is 1. The van der Waals surface area contributed by atoms with E-state index >= 15 is 0 Å². The standard InChI is InChI=1S/C25H24N2O4/c1-17-21(25(28)26-16-20-10-7-13-31-20)15-23(18-8-5-4-6-9-18)27(17)22-12-11-19(29-2)14-24(22)30-3/h4-15H,16H2,1-3H3,(H,26,28). The van der Waals surface area contributed by atoms with Crippen molar-refractivity contribution < 1.29 is 18.7 Å². The Morgan fingerprint density at radius 1 is 1.00 bits per heavy atom. The van der Waals surface area contributed by atoms with E-state index in [1.54, 1.807) is 26.5 Å². The Hall–Kier alpha value is -3.93. The monoisotopic (exact) mass is 416 g/mol. The summed E-state index contributed by atoms with van der Waals surface area (Å²) in [5.74, 6) is 1.88. The second-order valence-corrected chi connectivity index (χ2v) is 7.03. The van der Waals surface area contributed by atoms with Crippen LogP contribution in [0.2, 0.25) is 0 Å². The number of aromatic nitrogens is 1. The van der Waals surface area contributed by atoms with E-state index in [0.29, 0.717) is 29.4 Å². The van der Waals surface area contributed by atoms with Crippen molar-refractivity contribution in [3.8, 4) is 28.4 Å². The minimum absolute atomic E-state index is 0.169. The van der Waals surface area contributed by atoms with E-state index < -0.39 is 0 Å². The molecule has 0 bridgehead atoms. The van der Waals surface area contributed by atoms with Crippen LogP contribution in [-0.4, -0.2) is 24.7 Å². The number of hydrogen-bond donors (Lipinski definition) is 1. The molecular weight excluding hydrogens is 392 g/mol. The Morgan fingerprint density at radius 3 is 2.48 bits per heavy atom. The number of ether oxygens (including phenoxy) is 2. The smallest absolute Gasteiger partial charge is 0.253 e. The maximum absolute atomic E-state index is 13.0. The van der Waals surface area contributed by atoms with Crippen LogP contribution in [0.4, 0.5) is 0 Å². The summed E-state index contributed by atoms with van der Waals surface area (Å²) in [7, 11) is 3.24. The highest BCUT2D eigenvalue weighted by atomic mass is 16.5. The van der Waals surface area contributed by atoms with E-state index in [4.69, 9.17) is 13.9 Å². The van der Waals surface area contributed by atoms with Crippen LogP contribution in [0.3, 0.4) is 0 Å². The number of nitrogens with zero attached hydrogens (tertiary/aromatic N) is 1. The van der Waals surface area contributed by atoms with Crippen molar-refractivity contribution in [2.45, 2.75) is 13.5 Å². The summed E-state index contributed by atoms with van der Waals surface area (Å²) >= 11 is 0. The third kappa shape index (κ3) is 4.05. The first-order valence-electron chi connectivity index (χ1n) is 9.93. The third-order valence-corrected chi connectivity index (χ3v) is 5.19. The van der Waals surface area contributed by atoms with E-state index in [2.05, 4.69) is 5.32 Å². The van der Waals surface area contributed by atoms with Gasteiger partial charge in [-0.25, -0.2) is 0 Å². The van der Waals surface area contributed by atoms with Gasteiger partial charge in [0.2, 0.25) is 0 Å². The van der Waals surface area contributed by atoms with Gasteiger partial charge in [0, 0.05) is 11.8 Å². The predicted molar refractivity (Wildman–Crippen MR) is 119 cm³/mol. The van der Waals surface area contributed by atoms with E-state index in [1.165, 1.54) is 0 Å². The topological polar surface area (TPSA) is 65.6 Å². The summed E-state index contributed by atoms with van der Waals surface area (Å²) in [6.07, 6.45) is 1.59. The van der Waals surface area contributed by atoms with Crippen molar-refractivity contribution in [1.82, 2.24) is 9.88 Å². The molecule has 6 heteroatoms. The number of methoxy groups -OCH3 is 2. The summed E-state index contributed by atoms with van der Waals surface area (Å²) in [6.45, 7) is 2.25. The van der Waals surface area contributed by atoms with Gasteiger partial charge in [-0.1, -0.05) is 30.3 Å². The Kier molecular flexibility index (Phi) is 5.80. The number of carbonyl (C=O) groups excluding carboxylic acids is 1. The lowest BCUT2D eigenvalue weighted by Crippen LogP contribution is -2.23. The fourth-order valence-electron chi connectivity index (χ4n) is 3.61. The van der Waals surface area contributed by atoms with Crippen molar-refractivity contribution in [3.63, 3.8) is 0 Å². The van der Waals surface area contributed by atoms with E-state index in [9.17, 15) is 4.79 Å². The molecule has 0 fully saturated rings. The first kappa shape index (κ1) is 20.3. The first-order chi connectivity index (χ1) is 15.1. The second-order valence-electron chi connectivity index (χ2n) is 7.03. The molecule has 0 aliphatic rings. The minimum atomic E-state index is -0.169. The molecule has 0 spiro atoms. The predicted octanol–water partition coefficient (Wildman–Crippen LogP) is 4.99. The van der Waals surface area contributed by atoms with Gasteiger partial charge in [0.1, 0.15) is 17.3 Å². The zero-order valence-electron chi connectivity index (χ0n) is 17.7. The Labute approximate surface area is 181 Å². The van der Waals surface area contributed by atoms with Crippen LogP contribution in [-0.2, 0) is 6.54 Å². The van der Waals surface area contributed by atoms with Gasteiger partial charge in [0.05, 0.1) is 44.0 Å². The lowest BCUT2D eigenvalue weighted by atomic mass is 10.1. The van der Waals surface area contributed by atoms with Crippen LogP contribution in [0.5, 0.6) is 11.5 Å². The number of amides is 1. The van der Waals surface area contributed by atoms with Crippen molar-refractivity contribution in [1.29, 1.82) is 0 Å². The number of nitrogens with one attached hydrogen (secondary N) is 1. The van der Waals surface area contributed by atoms with Crippen LogP contribution in [0.15, 0.2) is 77.4 Å². The van der Waals surface area contributed by atoms with Crippen LogP contribution in [0.1, 0.15) is 21.8 Å². The maximum Gasteiger partial charge on any atom is 0.253 e. The molecule has 2 aromatic heterocycles. The minimum Gasteiger partial charge on any atom is -0.497 e. The fraction of sp³-hybridized carbons (Fsp3) is 0.160. The van der Waals surface area contributed by atoms with Gasteiger partial charge >= 0.3 is 0 Å². The van der Waals surface area contributed by atoms with Gasteiger partial charge in [0.15, 0.2) is 0 Å². The second kappa shape index (κ2) is 8.83. The quantitative estimate of drug-likeness (QED) is 0.461. The molecule has 0 aliphatic carbocycles. The van der Waals surface area contributed by atoms with Crippen LogP contribution < -0.4 is 14.8 Å².